The third kappa shape index (κ3) is 3.17. The molecule has 1 N–H and O–H groups in total. The lowest BCUT2D eigenvalue weighted by Crippen LogP contribution is -2.44. The Kier molecular flexibility index (Phi) is 4.36. The number of hydrogen-bond acceptors (Lipinski definition) is 3. The van der Waals surface area contributed by atoms with Gasteiger partial charge in [0.2, 0.25) is 5.95 Å². The molecule has 0 saturated carbocycles. The lowest BCUT2D eigenvalue weighted by Gasteiger charge is -2.29. The number of piperazine rings is 1. The van der Waals surface area contributed by atoms with Crippen LogP contribution in [-0.2, 0) is 6.54 Å². The van der Waals surface area contributed by atoms with Crippen LogP contribution in [0.3, 0.4) is 0 Å². The van der Waals surface area contributed by atoms with Crippen LogP contribution < -0.4 is 10.2 Å². The van der Waals surface area contributed by atoms with E-state index in [0.717, 1.165) is 49.2 Å². The summed E-state index contributed by atoms with van der Waals surface area (Å²) in [6.07, 6.45) is 0. The topological polar surface area (TPSA) is 33.1 Å². The Labute approximate surface area is 151 Å². The Morgan fingerprint density at radius 2 is 1.62 bits per heavy atom. The molecule has 1 fully saturated rings. The van der Waals surface area contributed by atoms with Gasteiger partial charge in [-0.3, -0.25) is 0 Å². The fraction of sp³-hybridized carbons (Fsp3) is 0.350. The summed E-state index contributed by atoms with van der Waals surface area (Å²) in [4.78, 5) is 7.09. The van der Waals surface area contributed by atoms with Crippen molar-refractivity contribution in [3.8, 4) is 0 Å². The van der Waals surface area contributed by atoms with Crippen LogP contribution in [0.25, 0.3) is 11.0 Å². The molecule has 136 valence electrons. The van der Waals surface area contributed by atoms with Gasteiger partial charge in [-0.25, -0.2) is 13.8 Å². The van der Waals surface area contributed by atoms with Crippen molar-refractivity contribution in [2.24, 2.45) is 0 Å². The number of hydrogen-bond donors (Lipinski definition) is 1. The number of nitrogens with one attached hydrogen (secondary N) is 1. The van der Waals surface area contributed by atoms with Gasteiger partial charge in [-0.2, -0.15) is 0 Å². The van der Waals surface area contributed by atoms with Crippen LogP contribution in [0.4, 0.5) is 14.7 Å². The number of anilines is 1. The second-order valence-electron chi connectivity index (χ2n) is 6.94. The van der Waals surface area contributed by atoms with E-state index in [0.29, 0.717) is 12.1 Å². The molecule has 2 heterocycles. The van der Waals surface area contributed by atoms with Crippen LogP contribution in [0.15, 0.2) is 30.3 Å². The number of halogens is 2. The maximum Gasteiger partial charge on any atom is 0.206 e. The van der Waals surface area contributed by atoms with E-state index in [1.54, 1.807) is 0 Å². The standard InChI is InChI=1S/C20H22F2N4/c1-13-7-18-19(8-14(13)2)26(12-15-9-16(21)11-17(22)10-15)20(24-18)25-5-3-23-4-6-25/h7-11,23H,3-6,12H2,1-2H3. The average Bonchev–Trinajstić information content (AvgIpc) is 2.93. The van der Waals surface area contributed by atoms with Gasteiger partial charge >= 0.3 is 0 Å². The molecule has 0 bridgehead atoms. The van der Waals surface area contributed by atoms with Gasteiger partial charge in [0.05, 0.1) is 17.6 Å². The van der Waals surface area contributed by atoms with E-state index < -0.39 is 11.6 Å². The lowest BCUT2D eigenvalue weighted by atomic mass is 10.1. The smallest absolute Gasteiger partial charge is 0.206 e. The first kappa shape index (κ1) is 17.0. The first-order valence-electron chi connectivity index (χ1n) is 8.89. The molecule has 1 saturated heterocycles. The maximum atomic E-state index is 13.7. The number of rotatable bonds is 3. The van der Waals surface area contributed by atoms with Gasteiger partial charge in [0.15, 0.2) is 0 Å². The molecule has 0 aliphatic carbocycles. The first-order valence-corrected chi connectivity index (χ1v) is 8.89. The fourth-order valence-corrected chi connectivity index (χ4v) is 3.51. The maximum absolute atomic E-state index is 13.7. The summed E-state index contributed by atoms with van der Waals surface area (Å²) in [6.45, 7) is 8.04. The molecule has 3 aromatic rings. The lowest BCUT2D eigenvalue weighted by molar-refractivity contribution is 0.567. The predicted molar refractivity (Wildman–Crippen MR) is 99.7 cm³/mol. The molecular formula is C20H22F2N4. The zero-order valence-corrected chi connectivity index (χ0v) is 15.0. The van der Waals surface area contributed by atoms with Crippen LogP contribution in [-0.4, -0.2) is 35.7 Å². The van der Waals surface area contributed by atoms with Crippen molar-refractivity contribution < 1.29 is 8.78 Å². The summed E-state index contributed by atoms with van der Waals surface area (Å²) in [5, 5.41) is 3.34. The molecule has 6 heteroatoms. The van der Waals surface area contributed by atoms with Gasteiger partial charge in [0.1, 0.15) is 11.6 Å². The summed E-state index contributed by atoms with van der Waals surface area (Å²) in [5.74, 6) is -0.253. The molecule has 4 nitrogen and oxygen atoms in total. The molecule has 2 aromatic carbocycles. The van der Waals surface area contributed by atoms with Gasteiger partial charge in [-0.15, -0.1) is 0 Å². The Hall–Kier alpha value is -2.47. The summed E-state index contributed by atoms with van der Waals surface area (Å²) >= 11 is 0. The number of nitrogens with zero attached hydrogens (tertiary/aromatic N) is 3. The summed E-state index contributed by atoms with van der Waals surface area (Å²) in [5.41, 5.74) is 4.86. The van der Waals surface area contributed by atoms with E-state index in [9.17, 15) is 8.78 Å². The van der Waals surface area contributed by atoms with Crippen molar-refractivity contribution in [1.82, 2.24) is 14.9 Å². The fourth-order valence-electron chi connectivity index (χ4n) is 3.51. The quantitative estimate of drug-likeness (QED) is 0.781. The van der Waals surface area contributed by atoms with E-state index in [-0.39, 0.29) is 0 Å². The highest BCUT2D eigenvalue weighted by Gasteiger charge is 2.20. The molecule has 0 atom stereocenters. The third-order valence-electron chi connectivity index (χ3n) is 5.01. The average molecular weight is 356 g/mol. The van der Waals surface area contributed by atoms with Crippen LogP contribution >= 0.6 is 0 Å². The second kappa shape index (κ2) is 6.68. The number of aromatic nitrogens is 2. The number of benzene rings is 2. The molecule has 1 aliphatic heterocycles. The summed E-state index contributed by atoms with van der Waals surface area (Å²) in [7, 11) is 0. The Morgan fingerprint density at radius 3 is 2.31 bits per heavy atom. The van der Waals surface area contributed by atoms with E-state index in [2.05, 4.69) is 40.8 Å². The zero-order chi connectivity index (χ0) is 18.3. The minimum absolute atomic E-state index is 0.382. The molecule has 4 rings (SSSR count). The Morgan fingerprint density at radius 1 is 0.962 bits per heavy atom. The number of imidazole rings is 1. The molecule has 0 amide bonds. The Balaban J connectivity index is 1.84. The van der Waals surface area contributed by atoms with Crippen molar-refractivity contribution in [2.45, 2.75) is 20.4 Å². The van der Waals surface area contributed by atoms with Crippen LogP contribution in [0.1, 0.15) is 16.7 Å². The van der Waals surface area contributed by atoms with Crippen LogP contribution in [0, 0.1) is 25.5 Å². The van der Waals surface area contributed by atoms with Gasteiger partial charge in [-0.05, 0) is 54.8 Å². The highest BCUT2D eigenvalue weighted by atomic mass is 19.1. The molecule has 1 aliphatic rings. The van der Waals surface area contributed by atoms with E-state index in [1.165, 1.54) is 23.3 Å². The predicted octanol–water partition coefficient (Wildman–Crippen LogP) is 3.39. The van der Waals surface area contributed by atoms with Gasteiger partial charge in [0.25, 0.3) is 0 Å². The van der Waals surface area contributed by atoms with Crippen molar-refractivity contribution >= 4 is 17.0 Å². The van der Waals surface area contributed by atoms with Crippen molar-refractivity contribution in [3.63, 3.8) is 0 Å². The number of fused-ring (bicyclic) bond motifs is 1. The molecule has 0 spiro atoms. The molecular weight excluding hydrogens is 334 g/mol. The third-order valence-corrected chi connectivity index (χ3v) is 5.01. The Bertz CT molecular complexity index is 938. The largest absolute Gasteiger partial charge is 0.340 e. The summed E-state index contributed by atoms with van der Waals surface area (Å²) < 4.78 is 29.4. The highest BCUT2D eigenvalue weighted by Crippen LogP contribution is 2.27. The van der Waals surface area contributed by atoms with Gasteiger partial charge < -0.3 is 14.8 Å². The minimum atomic E-state index is -0.555. The van der Waals surface area contributed by atoms with Crippen LogP contribution in [0.2, 0.25) is 0 Å². The molecule has 26 heavy (non-hydrogen) atoms. The second-order valence-corrected chi connectivity index (χ2v) is 6.94. The van der Waals surface area contributed by atoms with Crippen molar-refractivity contribution in [1.29, 1.82) is 0 Å². The van der Waals surface area contributed by atoms with Crippen molar-refractivity contribution in [2.75, 3.05) is 31.1 Å². The van der Waals surface area contributed by atoms with Crippen LogP contribution in [0.5, 0.6) is 0 Å². The number of aryl methyl sites for hydroxylation is 2. The monoisotopic (exact) mass is 356 g/mol. The van der Waals surface area contributed by atoms with E-state index in [4.69, 9.17) is 4.98 Å². The molecule has 0 unspecified atom stereocenters. The van der Waals surface area contributed by atoms with Crippen molar-refractivity contribution in [3.05, 3.63) is 58.7 Å². The molecule has 1 aromatic heterocycles. The first-order chi connectivity index (χ1) is 12.5. The summed E-state index contributed by atoms with van der Waals surface area (Å²) in [6, 6.07) is 7.87. The SMILES string of the molecule is Cc1cc2nc(N3CCNCC3)n(Cc3cc(F)cc(F)c3)c2cc1C. The van der Waals surface area contributed by atoms with Gasteiger partial charge in [-0.1, -0.05) is 0 Å². The zero-order valence-electron chi connectivity index (χ0n) is 15.0. The highest BCUT2D eigenvalue weighted by molar-refractivity contribution is 5.81. The van der Waals surface area contributed by atoms with Gasteiger partial charge in [0, 0.05) is 32.2 Å². The van der Waals surface area contributed by atoms with E-state index in [1.807, 2.05) is 0 Å². The molecule has 0 radical (unpaired) electrons. The minimum Gasteiger partial charge on any atom is -0.340 e. The van der Waals surface area contributed by atoms with E-state index >= 15 is 0 Å². The normalized spacial score (nSPS) is 15.0.